The lowest BCUT2D eigenvalue weighted by atomic mass is 10.1. The Morgan fingerprint density at radius 3 is 2.62 bits per heavy atom. The van der Waals surface area contributed by atoms with Gasteiger partial charge in [0.05, 0.1) is 13.5 Å². The summed E-state index contributed by atoms with van der Waals surface area (Å²) >= 11 is 0. The molecule has 4 heteroatoms. The third kappa shape index (κ3) is 3.76. The standard InChI is InChI=1S/C12H24N2O2/c1-5-14-8-10(2)7-13(3)9-11(14)6-12(15)16-4/h10-11H,5-9H2,1-4H3. The molecule has 0 radical (unpaired) electrons. The fourth-order valence-corrected chi connectivity index (χ4v) is 2.55. The fraction of sp³-hybridized carbons (Fsp3) is 0.917. The monoisotopic (exact) mass is 228 g/mol. The third-order valence-electron chi connectivity index (χ3n) is 3.24. The summed E-state index contributed by atoms with van der Waals surface area (Å²) < 4.78 is 4.76. The summed E-state index contributed by atoms with van der Waals surface area (Å²) in [4.78, 5) is 16.1. The van der Waals surface area contributed by atoms with Crippen molar-refractivity contribution in [2.24, 2.45) is 5.92 Å². The number of carbonyl (C=O) groups excluding carboxylic acids is 1. The summed E-state index contributed by atoms with van der Waals surface area (Å²) in [6, 6.07) is 0.299. The molecule has 0 amide bonds. The van der Waals surface area contributed by atoms with Crippen LogP contribution in [0.2, 0.25) is 0 Å². The van der Waals surface area contributed by atoms with Gasteiger partial charge in [-0.1, -0.05) is 13.8 Å². The van der Waals surface area contributed by atoms with E-state index in [0.29, 0.717) is 18.4 Å². The highest BCUT2D eigenvalue weighted by Crippen LogP contribution is 2.15. The van der Waals surface area contributed by atoms with Crippen LogP contribution in [0.5, 0.6) is 0 Å². The Hall–Kier alpha value is -0.610. The molecule has 1 saturated heterocycles. The van der Waals surface area contributed by atoms with Gasteiger partial charge in [-0.2, -0.15) is 0 Å². The number of hydrogen-bond donors (Lipinski definition) is 0. The van der Waals surface area contributed by atoms with Crippen molar-refractivity contribution in [3.05, 3.63) is 0 Å². The topological polar surface area (TPSA) is 32.8 Å². The normalized spacial score (nSPS) is 28.8. The average molecular weight is 228 g/mol. The Bertz CT molecular complexity index is 233. The van der Waals surface area contributed by atoms with E-state index in [9.17, 15) is 4.79 Å². The van der Waals surface area contributed by atoms with Crippen molar-refractivity contribution >= 4 is 5.97 Å². The zero-order valence-corrected chi connectivity index (χ0v) is 10.9. The number of methoxy groups -OCH3 is 1. The maximum Gasteiger partial charge on any atom is 0.307 e. The van der Waals surface area contributed by atoms with Gasteiger partial charge in [0.1, 0.15) is 0 Å². The zero-order valence-electron chi connectivity index (χ0n) is 10.9. The van der Waals surface area contributed by atoms with E-state index in [1.807, 2.05) is 0 Å². The molecule has 2 unspecified atom stereocenters. The molecule has 1 aliphatic rings. The lowest BCUT2D eigenvalue weighted by Crippen LogP contribution is -2.41. The highest BCUT2D eigenvalue weighted by Gasteiger charge is 2.27. The molecule has 0 N–H and O–H groups in total. The molecule has 94 valence electrons. The number of carbonyl (C=O) groups is 1. The molecular formula is C12H24N2O2. The molecule has 0 bridgehead atoms. The van der Waals surface area contributed by atoms with Crippen LogP contribution in [-0.4, -0.2) is 62.1 Å². The number of ether oxygens (including phenoxy) is 1. The molecule has 4 nitrogen and oxygen atoms in total. The molecule has 1 heterocycles. The molecule has 0 aromatic rings. The Balaban J connectivity index is 2.65. The minimum atomic E-state index is -0.105. The number of hydrogen-bond acceptors (Lipinski definition) is 4. The van der Waals surface area contributed by atoms with E-state index in [4.69, 9.17) is 4.74 Å². The lowest BCUT2D eigenvalue weighted by molar-refractivity contribution is -0.142. The summed E-state index contributed by atoms with van der Waals surface area (Å²) in [5.74, 6) is 0.555. The Morgan fingerprint density at radius 2 is 2.06 bits per heavy atom. The molecule has 2 atom stereocenters. The second-order valence-electron chi connectivity index (χ2n) is 4.85. The first kappa shape index (κ1) is 13.5. The third-order valence-corrected chi connectivity index (χ3v) is 3.24. The van der Waals surface area contributed by atoms with E-state index < -0.39 is 0 Å². The first-order chi connectivity index (χ1) is 7.56. The van der Waals surface area contributed by atoms with Gasteiger partial charge < -0.3 is 9.64 Å². The second kappa shape index (κ2) is 6.21. The largest absolute Gasteiger partial charge is 0.469 e. The second-order valence-corrected chi connectivity index (χ2v) is 4.85. The Morgan fingerprint density at radius 1 is 1.38 bits per heavy atom. The van der Waals surface area contributed by atoms with Crippen molar-refractivity contribution in [3.63, 3.8) is 0 Å². The van der Waals surface area contributed by atoms with Crippen LogP contribution < -0.4 is 0 Å². The van der Waals surface area contributed by atoms with Gasteiger partial charge in [0, 0.05) is 25.7 Å². The minimum Gasteiger partial charge on any atom is -0.469 e. The highest BCUT2D eigenvalue weighted by molar-refractivity contribution is 5.69. The van der Waals surface area contributed by atoms with Crippen LogP contribution in [0.25, 0.3) is 0 Å². The summed E-state index contributed by atoms with van der Waals surface area (Å²) in [6.07, 6.45) is 0.501. The smallest absolute Gasteiger partial charge is 0.307 e. The predicted molar refractivity (Wildman–Crippen MR) is 64.3 cm³/mol. The van der Waals surface area contributed by atoms with Gasteiger partial charge in [-0.05, 0) is 19.5 Å². The van der Waals surface area contributed by atoms with Gasteiger partial charge in [-0.3, -0.25) is 9.69 Å². The molecule has 1 rings (SSSR count). The van der Waals surface area contributed by atoms with Crippen LogP contribution in [-0.2, 0) is 9.53 Å². The van der Waals surface area contributed by atoms with Gasteiger partial charge in [0.15, 0.2) is 0 Å². The maximum absolute atomic E-state index is 11.4. The van der Waals surface area contributed by atoms with E-state index in [0.717, 1.165) is 26.2 Å². The van der Waals surface area contributed by atoms with E-state index in [2.05, 4.69) is 30.7 Å². The van der Waals surface area contributed by atoms with Crippen molar-refractivity contribution < 1.29 is 9.53 Å². The summed E-state index contributed by atoms with van der Waals surface area (Å²) in [5, 5.41) is 0. The molecule has 1 aliphatic heterocycles. The first-order valence-electron chi connectivity index (χ1n) is 6.06. The molecule has 1 fully saturated rings. The SMILES string of the molecule is CCN1CC(C)CN(C)CC1CC(=O)OC. The highest BCUT2D eigenvalue weighted by atomic mass is 16.5. The van der Waals surface area contributed by atoms with Gasteiger partial charge in [-0.25, -0.2) is 0 Å². The molecule has 0 spiro atoms. The Labute approximate surface area is 98.5 Å². The van der Waals surface area contributed by atoms with Crippen molar-refractivity contribution in [2.75, 3.05) is 40.3 Å². The van der Waals surface area contributed by atoms with Crippen molar-refractivity contribution in [1.29, 1.82) is 0 Å². The maximum atomic E-state index is 11.4. The number of rotatable bonds is 3. The van der Waals surface area contributed by atoms with Crippen LogP contribution >= 0.6 is 0 Å². The Kier molecular flexibility index (Phi) is 5.22. The number of esters is 1. The molecule has 0 aromatic carbocycles. The van der Waals surface area contributed by atoms with Crippen LogP contribution in [0.3, 0.4) is 0 Å². The number of likely N-dealkylation sites (N-methyl/N-ethyl adjacent to an activating group) is 2. The number of nitrogens with zero attached hydrogens (tertiary/aromatic N) is 2. The molecule has 0 saturated carbocycles. The zero-order chi connectivity index (χ0) is 12.1. The summed E-state index contributed by atoms with van der Waals surface area (Å²) in [7, 11) is 3.58. The van der Waals surface area contributed by atoms with Crippen LogP contribution in [0.4, 0.5) is 0 Å². The first-order valence-corrected chi connectivity index (χ1v) is 6.06. The van der Waals surface area contributed by atoms with E-state index in [-0.39, 0.29) is 5.97 Å². The van der Waals surface area contributed by atoms with Crippen molar-refractivity contribution in [3.8, 4) is 0 Å². The van der Waals surface area contributed by atoms with E-state index >= 15 is 0 Å². The van der Waals surface area contributed by atoms with E-state index in [1.54, 1.807) is 0 Å². The van der Waals surface area contributed by atoms with Gasteiger partial charge in [0.25, 0.3) is 0 Å². The summed E-state index contributed by atoms with van der Waals surface area (Å²) in [5.41, 5.74) is 0. The van der Waals surface area contributed by atoms with Crippen LogP contribution in [0, 0.1) is 5.92 Å². The minimum absolute atomic E-state index is 0.105. The van der Waals surface area contributed by atoms with Crippen molar-refractivity contribution in [1.82, 2.24) is 9.80 Å². The van der Waals surface area contributed by atoms with Crippen molar-refractivity contribution in [2.45, 2.75) is 26.3 Å². The quantitative estimate of drug-likeness (QED) is 0.670. The van der Waals surface area contributed by atoms with Gasteiger partial charge in [0.2, 0.25) is 0 Å². The summed E-state index contributed by atoms with van der Waals surface area (Å²) in [6.45, 7) is 8.55. The molecule has 0 aliphatic carbocycles. The van der Waals surface area contributed by atoms with Gasteiger partial charge >= 0.3 is 5.97 Å². The predicted octanol–water partition coefficient (Wildman–Crippen LogP) is 0.821. The van der Waals surface area contributed by atoms with Crippen LogP contribution in [0.15, 0.2) is 0 Å². The van der Waals surface area contributed by atoms with Crippen LogP contribution in [0.1, 0.15) is 20.3 Å². The average Bonchev–Trinajstić information content (AvgIpc) is 2.36. The fourth-order valence-electron chi connectivity index (χ4n) is 2.55. The lowest BCUT2D eigenvalue weighted by Gasteiger charge is -2.29. The molecular weight excluding hydrogens is 204 g/mol. The molecule has 16 heavy (non-hydrogen) atoms. The molecule has 0 aromatic heterocycles. The van der Waals surface area contributed by atoms with E-state index in [1.165, 1.54) is 7.11 Å². The van der Waals surface area contributed by atoms with Gasteiger partial charge in [-0.15, -0.1) is 0 Å².